The lowest BCUT2D eigenvalue weighted by Crippen LogP contribution is -2.45. The van der Waals surface area contributed by atoms with Crippen molar-refractivity contribution in [3.63, 3.8) is 0 Å². The third-order valence-electron chi connectivity index (χ3n) is 3.27. The molecule has 5 nitrogen and oxygen atoms in total. The van der Waals surface area contributed by atoms with Crippen molar-refractivity contribution in [3.8, 4) is 0 Å². The van der Waals surface area contributed by atoms with Gasteiger partial charge in [-0.2, -0.15) is 0 Å². The zero-order valence-corrected chi connectivity index (χ0v) is 12.6. The molecule has 1 aromatic rings. The highest BCUT2D eigenvalue weighted by atomic mass is 32.1. The standard InChI is InChI=1S/C13H22N4OS/c1-9-10(2)19-12(16-9)8-15-13(14-3)17-11-4-6-18-7-5-11/h11H,4-8H2,1-3H3,(H2,14,15,17). The summed E-state index contributed by atoms with van der Waals surface area (Å²) in [5.41, 5.74) is 1.12. The average molecular weight is 282 g/mol. The molecule has 0 saturated carbocycles. The Balaban J connectivity index is 1.82. The van der Waals surface area contributed by atoms with Crippen LogP contribution in [0.3, 0.4) is 0 Å². The largest absolute Gasteiger partial charge is 0.381 e. The van der Waals surface area contributed by atoms with E-state index in [1.807, 2.05) is 6.92 Å². The predicted molar refractivity (Wildman–Crippen MR) is 78.8 cm³/mol. The second-order valence-corrected chi connectivity index (χ2v) is 5.99. The van der Waals surface area contributed by atoms with E-state index in [1.165, 1.54) is 4.88 Å². The van der Waals surface area contributed by atoms with Crippen LogP contribution in [0.4, 0.5) is 0 Å². The summed E-state index contributed by atoms with van der Waals surface area (Å²) in [5, 5.41) is 7.85. The monoisotopic (exact) mass is 282 g/mol. The maximum atomic E-state index is 5.35. The predicted octanol–water partition coefficient (Wildman–Crippen LogP) is 1.60. The van der Waals surface area contributed by atoms with Crippen LogP contribution in [0.1, 0.15) is 28.4 Å². The van der Waals surface area contributed by atoms with Gasteiger partial charge in [-0.3, -0.25) is 4.99 Å². The summed E-state index contributed by atoms with van der Waals surface area (Å²) >= 11 is 1.74. The Bertz CT molecular complexity index is 418. The number of hydrogen-bond donors (Lipinski definition) is 2. The Morgan fingerprint density at radius 2 is 2.16 bits per heavy atom. The minimum atomic E-state index is 0.458. The molecule has 0 aromatic carbocycles. The molecule has 0 aliphatic carbocycles. The van der Waals surface area contributed by atoms with Gasteiger partial charge in [0.2, 0.25) is 0 Å². The molecule has 0 amide bonds. The van der Waals surface area contributed by atoms with E-state index >= 15 is 0 Å². The summed E-state index contributed by atoms with van der Waals surface area (Å²) in [5.74, 6) is 0.845. The Morgan fingerprint density at radius 1 is 1.42 bits per heavy atom. The zero-order valence-electron chi connectivity index (χ0n) is 11.8. The van der Waals surface area contributed by atoms with E-state index in [-0.39, 0.29) is 0 Å². The van der Waals surface area contributed by atoms with Crippen LogP contribution in [0, 0.1) is 13.8 Å². The van der Waals surface area contributed by atoms with Crippen molar-refractivity contribution >= 4 is 17.3 Å². The fourth-order valence-corrected chi connectivity index (χ4v) is 2.88. The third-order valence-corrected chi connectivity index (χ3v) is 4.34. The van der Waals surface area contributed by atoms with Gasteiger partial charge in [-0.1, -0.05) is 0 Å². The molecular weight excluding hydrogens is 260 g/mol. The molecular formula is C13H22N4OS. The summed E-state index contributed by atoms with van der Waals surface area (Å²) in [7, 11) is 1.80. The second-order valence-electron chi connectivity index (χ2n) is 4.71. The topological polar surface area (TPSA) is 58.5 Å². The van der Waals surface area contributed by atoms with E-state index in [0.717, 1.165) is 49.3 Å². The van der Waals surface area contributed by atoms with Crippen molar-refractivity contribution in [2.24, 2.45) is 4.99 Å². The minimum Gasteiger partial charge on any atom is -0.381 e. The third kappa shape index (κ3) is 4.18. The van der Waals surface area contributed by atoms with Crippen LogP contribution in [0.5, 0.6) is 0 Å². The lowest BCUT2D eigenvalue weighted by Gasteiger charge is -2.24. The van der Waals surface area contributed by atoms with Crippen molar-refractivity contribution in [2.45, 2.75) is 39.3 Å². The van der Waals surface area contributed by atoms with Crippen LogP contribution in [-0.2, 0) is 11.3 Å². The van der Waals surface area contributed by atoms with Gasteiger partial charge in [0.25, 0.3) is 0 Å². The lowest BCUT2D eigenvalue weighted by molar-refractivity contribution is 0.0822. The SMILES string of the molecule is CN=C(NCc1nc(C)c(C)s1)NC1CCOCC1. The molecule has 0 atom stereocenters. The molecule has 1 aliphatic heterocycles. The van der Waals surface area contributed by atoms with E-state index in [1.54, 1.807) is 18.4 Å². The summed E-state index contributed by atoms with van der Waals surface area (Å²) in [6.45, 7) is 6.54. The Morgan fingerprint density at radius 3 is 2.74 bits per heavy atom. The van der Waals surface area contributed by atoms with E-state index in [9.17, 15) is 0 Å². The fourth-order valence-electron chi connectivity index (χ4n) is 2.00. The van der Waals surface area contributed by atoms with Gasteiger partial charge < -0.3 is 15.4 Å². The molecule has 0 bridgehead atoms. The molecule has 0 spiro atoms. The van der Waals surface area contributed by atoms with Crippen LogP contribution in [0.2, 0.25) is 0 Å². The summed E-state index contributed by atoms with van der Waals surface area (Å²) < 4.78 is 5.35. The van der Waals surface area contributed by atoms with Gasteiger partial charge in [-0.25, -0.2) is 4.98 Å². The number of aromatic nitrogens is 1. The number of nitrogens with zero attached hydrogens (tertiary/aromatic N) is 2. The van der Waals surface area contributed by atoms with Gasteiger partial charge >= 0.3 is 0 Å². The highest BCUT2D eigenvalue weighted by Gasteiger charge is 2.15. The van der Waals surface area contributed by atoms with Gasteiger partial charge in [0.1, 0.15) is 5.01 Å². The number of ether oxygens (including phenoxy) is 1. The quantitative estimate of drug-likeness (QED) is 0.653. The molecule has 0 radical (unpaired) electrons. The second kappa shape index (κ2) is 6.86. The van der Waals surface area contributed by atoms with Gasteiger partial charge in [0.05, 0.1) is 12.2 Å². The molecule has 0 unspecified atom stereocenters. The van der Waals surface area contributed by atoms with Crippen molar-refractivity contribution < 1.29 is 4.74 Å². The Labute approximate surface area is 118 Å². The van der Waals surface area contributed by atoms with E-state index in [0.29, 0.717) is 6.04 Å². The smallest absolute Gasteiger partial charge is 0.191 e. The minimum absolute atomic E-state index is 0.458. The number of guanidine groups is 1. The number of aryl methyl sites for hydroxylation is 2. The molecule has 2 rings (SSSR count). The first-order chi connectivity index (χ1) is 9.19. The molecule has 2 heterocycles. The van der Waals surface area contributed by atoms with Crippen molar-refractivity contribution in [1.29, 1.82) is 0 Å². The normalized spacial score (nSPS) is 17.5. The maximum absolute atomic E-state index is 5.35. The van der Waals surface area contributed by atoms with Crippen LogP contribution < -0.4 is 10.6 Å². The molecule has 2 N–H and O–H groups in total. The summed E-state index contributed by atoms with van der Waals surface area (Å²) in [4.78, 5) is 10.1. The first-order valence-electron chi connectivity index (χ1n) is 6.67. The number of nitrogens with one attached hydrogen (secondary N) is 2. The molecule has 1 saturated heterocycles. The van der Waals surface area contributed by atoms with Crippen molar-refractivity contribution in [3.05, 3.63) is 15.6 Å². The van der Waals surface area contributed by atoms with Crippen LogP contribution >= 0.6 is 11.3 Å². The highest BCUT2D eigenvalue weighted by Crippen LogP contribution is 2.15. The molecule has 6 heteroatoms. The van der Waals surface area contributed by atoms with E-state index in [4.69, 9.17) is 4.74 Å². The Hall–Kier alpha value is -1.14. The molecule has 1 fully saturated rings. The van der Waals surface area contributed by atoms with Gasteiger partial charge in [-0.15, -0.1) is 11.3 Å². The fraction of sp³-hybridized carbons (Fsp3) is 0.692. The van der Waals surface area contributed by atoms with Crippen molar-refractivity contribution in [1.82, 2.24) is 15.6 Å². The number of hydrogen-bond acceptors (Lipinski definition) is 4. The lowest BCUT2D eigenvalue weighted by atomic mass is 10.1. The number of rotatable bonds is 3. The summed E-state index contributed by atoms with van der Waals surface area (Å²) in [6.07, 6.45) is 2.08. The van der Waals surface area contributed by atoms with Crippen LogP contribution in [0.25, 0.3) is 0 Å². The number of aliphatic imine (C=N–C) groups is 1. The molecule has 1 aromatic heterocycles. The Kier molecular flexibility index (Phi) is 5.15. The zero-order chi connectivity index (χ0) is 13.7. The van der Waals surface area contributed by atoms with Gasteiger partial charge in [0.15, 0.2) is 5.96 Å². The first-order valence-corrected chi connectivity index (χ1v) is 7.48. The molecule has 19 heavy (non-hydrogen) atoms. The van der Waals surface area contributed by atoms with Gasteiger partial charge in [0, 0.05) is 31.2 Å². The molecule has 106 valence electrons. The highest BCUT2D eigenvalue weighted by molar-refractivity contribution is 7.11. The first kappa shape index (κ1) is 14.3. The van der Waals surface area contributed by atoms with E-state index < -0.39 is 0 Å². The van der Waals surface area contributed by atoms with E-state index in [2.05, 4.69) is 27.5 Å². The van der Waals surface area contributed by atoms with Gasteiger partial charge in [-0.05, 0) is 26.7 Å². The van der Waals surface area contributed by atoms with Crippen LogP contribution in [-0.4, -0.2) is 37.2 Å². The number of thiazole rings is 1. The summed E-state index contributed by atoms with van der Waals surface area (Å²) in [6, 6.07) is 0.458. The van der Waals surface area contributed by atoms with Crippen molar-refractivity contribution in [2.75, 3.05) is 20.3 Å². The maximum Gasteiger partial charge on any atom is 0.191 e. The van der Waals surface area contributed by atoms with Crippen LogP contribution in [0.15, 0.2) is 4.99 Å². The molecule has 1 aliphatic rings. The average Bonchev–Trinajstić information content (AvgIpc) is 2.75.